The monoisotopic (exact) mass is 384 g/mol. The lowest BCUT2D eigenvalue weighted by Gasteiger charge is -2.12. The lowest BCUT2D eigenvalue weighted by molar-refractivity contribution is 0.0977. The van der Waals surface area contributed by atoms with Crippen LogP contribution >= 0.6 is 12.2 Å². The third-order valence-corrected chi connectivity index (χ3v) is 5.11. The van der Waals surface area contributed by atoms with Gasteiger partial charge in [0.25, 0.3) is 5.91 Å². The number of fused-ring (bicyclic) bond motifs is 1. The maximum Gasteiger partial charge on any atom is 0.257 e. The summed E-state index contributed by atoms with van der Waals surface area (Å²) < 4.78 is 23.4. The molecule has 3 aromatic carbocycles. The van der Waals surface area contributed by atoms with E-state index in [0.29, 0.717) is 11.3 Å². The van der Waals surface area contributed by atoms with Gasteiger partial charge in [0.15, 0.2) is 14.9 Å². The number of nitrogens with one attached hydrogen (secondary N) is 2. The molecule has 0 spiro atoms. The van der Waals surface area contributed by atoms with Crippen molar-refractivity contribution in [3.63, 3.8) is 0 Å². The van der Waals surface area contributed by atoms with E-state index in [0.717, 1.165) is 10.8 Å². The van der Waals surface area contributed by atoms with Crippen LogP contribution in [0, 0.1) is 0 Å². The van der Waals surface area contributed by atoms with Crippen LogP contribution in [0.4, 0.5) is 5.69 Å². The molecule has 7 heteroatoms. The highest BCUT2D eigenvalue weighted by Gasteiger charge is 2.11. The zero-order valence-electron chi connectivity index (χ0n) is 13.9. The normalized spacial score (nSPS) is 11.1. The quantitative estimate of drug-likeness (QED) is 0.677. The molecule has 26 heavy (non-hydrogen) atoms. The fourth-order valence-corrected chi connectivity index (χ4v) is 3.38. The number of amides is 1. The van der Waals surface area contributed by atoms with Gasteiger partial charge < -0.3 is 5.32 Å². The molecule has 3 rings (SSSR count). The number of hydrogen-bond donors (Lipinski definition) is 2. The van der Waals surface area contributed by atoms with E-state index in [4.69, 9.17) is 12.2 Å². The predicted molar refractivity (Wildman–Crippen MR) is 107 cm³/mol. The number of thiocarbonyl (C=S) groups is 1. The van der Waals surface area contributed by atoms with E-state index < -0.39 is 9.84 Å². The molecule has 5 nitrogen and oxygen atoms in total. The number of sulfone groups is 1. The molecule has 0 aromatic heterocycles. The van der Waals surface area contributed by atoms with Crippen molar-refractivity contribution in [1.29, 1.82) is 0 Å². The Morgan fingerprint density at radius 2 is 1.69 bits per heavy atom. The molecule has 0 saturated heterocycles. The van der Waals surface area contributed by atoms with Crippen molar-refractivity contribution >= 4 is 49.5 Å². The van der Waals surface area contributed by atoms with Crippen LogP contribution in [-0.2, 0) is 9.84 Å². The van der Waals surface area contributed by atoms with Crippen LogP contribution in [0.15, 0.2) is 71.6 Å². The largest absolute Gasteiger partial charge is 0.332 e. The van der Waals surface area contributed by atoms with E-state index in [1.54, 1.807) is 48.5 Å². The van der Waals surface area contributed by atoms with Crippen molar-refractivity contribution in [3.8, 4) is 0 Å². The highest BCUT2D eigenvalue weighted by molar-refractivity contribution is 7.90. The molecule has 0 saturated carbocycles. The number of rotatable bonds is 3. The molecular weight excluding hydrogens is 368 g/mol. The van der Waals surface area contributed by atoms with Gasteiger partial charge in [0.1, 0.15) is 0 Å². The van der Waals surface area contributed by atoms with Crippen LogP contribution in [0.3, 0.4) is 0 Å². The molecular formula is C19H16N2O3S2. The van der Waals surface area contributed by atoms with Crippen molar-refractivity contribution < 1.29 is 13.2 Å². The van der Waals surface area contributed by atoms with Crippen LogP contribution in [0.25, 0.3) is 10.8 Å². The van der Waals surface area contributed by atoms with Crippen LogP contribution in [0.2, 0.25) is 0 Å². The Labute approximate surface area is 157 Å². The first-order valence-electron chi connectivity index (χ1n) is 7.75. The second-order valence-electron chi connectivity index (χ2n) is 5.73. The van der Waals surface area contributed by atoms with Gasteiger partial charge in [-0.2, -0.15) is 0 Å². The minimum absolute atomic E-state index is 0.165. The van der Waals surface area contributed by atoms with Gasteiger partial charge in [-0.05, 0) is 47.9 Å². The molecule has 0 unspecified atom stereocenters. The summed E-state index contributed by atoms with van der Waals surface area (Å²) in [5, 5.41) is 7.35. The number of carbonyl (C=O) groups excluding carboxylic acids is 1. The Balaban J connectivity index is 1.82. The first-order chi connectivity index (χ1) is 12.3. The van der Waals surface area contributed by atoms with Crippen molar-refractivity contribution in [1.82, 2.24) is 5.32 Å². The lowest BCUT2D eigenvalue weighted by atomic mass is 10.1. The van der Waals surface area contributed by atoms with Gasteiger partial charge in [0.05, 0.1) is 4.90 Å². The summed E-state index contributed by atoms with van der Waals surface area (Å²) in [5.74, 6) is -0.303. The standard InChI is InChI=1S/C19H16N2O3S2/c1-26(23,24)15-10-11-16-14(12-15)8-5-9-17(16)20-19(25)21-18(22)13-6-3-2-4-7-13/h2-12H,1H3,(H2,20,21,22,25). The summed E-state index contributed by atoms with van der Waals surface area (Å²) in [6.45, 7) is 0. The van der Waals surface area contributed by atoms with Gasteiger partial charge in [-0.3, -0.25) is 10.1 Å². The Bertz CT molecular complexity index is 1090. The Morgan fingerprint density at radius 3 is 2.38 bits per heavy atom. The van der Waals surface area contributed by atoms with Gasteiger partial charge in [-0.1, -0.05) is 36.4 Å². The molecule has 0 atom stereocenters. The van der Waals surface area contributed by atoms with E-state index in [9.17, 15) is 13.2 Å². The van der Waals surface area contributed by atoms with E-state index >= 15 is 0 Å². The predicted octanol–water partition coefficient (Wildman–Crippen LogP) is 3.37. The Morgan fingerprint density at radius 1 is 0.962 bits per heavy atom. The molecule has 0 aliphatic carbocycles. The summed E-state index contributed by atoms with van der Waals surface area (Å²) >= 11 is 5.22. The smallest absolute Gasteiger partial charge is 0.257 e. The molecule has 0 radical (unpaired) electrons. The van der Waals surface area contributed by atoms with Gasteiger partial charge >= 0.3 is 0 Å². The van der Waals surface area contributed by atoms with E-state index in [1.807, 2.05) is 18.2 Å². The summed E-state index contributed by atoms with van der Waals surface area (Å²) in [7, 11) is -3.28. The first kappa shape index (κ1) is 18.0. The first-order valence-corrected chi connectivity index (χ1v) is 10.0. The number of hydrogen-bond acceptors (Lipinski definition) is 4. The van der Waals surface area contributed by atoms with Gasteiger partial charge in [0, 0.05) is 22.9 Å². The van der Waals surface area contributed by atoms with Crippen LogP contribution in [0.5, 0.6) is 0 Å². The minimum Gasteiger partial charge on any atom is -0.332 e. The number of anilines is 1. The van der Waals surface area contributed by atoms with Crippen LogP contribution in [-0.4, -0.2) is 25.7 Å². The third-order valence-electron chi connectivity index (χ3n) is 3.79. The summed E-state index contributed by atoms with van der Waals surface area (Å²) in [4.78, 5) is 12.4. The van der Waals surface area contributed by atoms with Crippen LogP contribution in [0.1, 0.15) is 10.4 Å². The van der Waals surface area contributed by atoms with E-state index in [-0.39, 0.29) is 15.9 Å². The highest BCUT2D eigenvalue weighted by Crippen LogP contribution is 2.26. The molecule has 0 fully saturated rings. The van der Waals surface area contributed by atoms with Crippen molar-refractivity contribution in [2.24, 2.45) is 0 Å². The maximum atomic E-state index is 12.2. The van der Waals surface area contributed by atoms with Gasteiger partial charge in [0.2, 0.25) is 0 Å². The van der Waals surface area contributed by atoms with E-state index in [1.165, 1.54) is 6.26 Å². The molecule has 0 bridgehead atoms. The summed E-state index contributed by atoms with van der Waals surface area (Å²) in [6, 6.07) is 19.1. The average molecular weight is 384 g/mol. The second kappa shape index (κ2) is 7.23. The molecule has 0 aliphatic rings. The van der Waals surface area contributed by atoms with E-state index in [2.05, 4.69) is 10.6 Å². The highest BCUT2D eigenvalue weighted by atomic mass is 32.2. The Hall–Kier alpha value is -2.77. The fraction of sp³-hybridized carbons (Fsp3) is 0.0526. The van der Waals surface area contributed by atoms with Gasteiger partial charge in [-0.25, -0.2) is 8.42 Å². The topological polar surface area (TPSA) is 75.3 Å². The maximum absolute atomic E-state index is 12.2. The Kier molecular flexibility index (Phi) is 5.01. The zero-order chi connectivity index (χ0) is 18.7. The molecule has 132 valence electrons. The number of carbonyl (C=O) groups is 1. The molecule has 3 aromatic rings. The lowest BCUT2D eigenvalue weighted by Crippen LogP contribution is -2.34. The summed E-state index contributed by atoms with van der Waals surface area (Å²) in [6.07, 6.45) is 1.17. The number of benzene rings is 3. The minimum atomic E-state index is -3.28. The molecule has 0 heterocycles. The van der Waals surface area contributed by atoms with Gasteiger partial charge in [-0.15, -0.1) is 0 Å². The molecule has 2 N–H and O–H groups in total. The van der Waals surface area contributed by atoms with Crippen molar-refractivity contribution in [2.75, 3.05) is 11.6 Å². The zero-order valence-corrected chi connectivity index (χ0v) is 15.5. The second-order valence-corrected chi connectivity index (χ2v) is 8.16. The SMILES string of the molecule is CS(=O)(=O)c1ccc2c(NC(=S)NC(=O)c3ccccc3)cccc2c1. The summed E-state index contributed by atoms with van der Waals surface area (Å²) in [5.41, 5.74) is 1.19. The van der Waals surface area contributed by atoms with Crippen molar-refractivity contribution in [2.45, 2.75) is 4.90 Å². The molecule has 0 aliphatic heterocycles. The van der Waals surface area contributed by atoms with Crippen LogP contribution < -0.4 is 10.6 Å². The average Bonchev–Trinajstić information content (AvgIpc) is 2.61. The fourth-order valence-electron chi connectivity index (χ4n) is 2.52. The van der Waals surface area contributed by atoms with Crippen molar-refractivity contribution in [3.05, 3.63) is 72.3 Å². The third kappa shape index (κ3) is 4.07. The molecule has 1 amide bonds.